The fourth-order valence-electron chi connectivity index (χ4n) is 3.36. The third-order valence-corrected chi connectivity index (χ3v) is 4.60. The molecule has 1 fully saturated rings. The van der Waals surface area contributed by atoms with Crippen molar-refractivity contribution in [3.8, 4) is 6.07 Å². The summed E-state index contributed by atoms with van der Waals surface area (Å²) in [7, 11) is 2.18. The third-order valence-electron chi connectivity index (χ3n) is 4.60. The van der Waals surface area contributed by atoms with E-state index in [-0.39, 0.29) is 5.91 Å². The Morgan fingerprint density at radius 2 is 1.62 bits per heavy atom. The number of likely N-dealkylation sites (N-methyl/N-ethyl adjacent to an activating group) is 1. The summed E-state index contributed by atoms with van der Waals surface area (Å²) in [6.07, 6.45) is 4.98. The largest absolute Gasteiger partial charge is 0.321 e. The Labute approximate surface area is 147 Å². The van der Waals surface area contributed by atoms with Crippen molar-refractivity contribution in [3.63, 3.8) is 0 Å². The molecule has 0 radical (unpaired) electrons. The van der Waals surface area contributed by atoms with E-state index in [1.54, 1.807) is 0 Å². The molecule has 2 rings (SSSR count). The van der Waals surface area contributed by atoms with E-state index in [0.29, 0.717) is 12.1 Å². The van der Waals surface area contributed by atoms with Gasteiger partial charge in [-0.3, -0.25) is 4.79 Å². The van der Waals surface area contributed by atoms with E-state index in [9.17, 15) is 4.79 Å². The number of aryl methyl sites for hydroxylation is 2. The molecule has 1 aliphatic heterocycles. The Balaban J connectivity index is 0.00000139. The summed E-state index contributed by atoms with van der Waals surface area (Å²) < 4.78 is 0.834. The van der Waals surface area contributed by atoms with E-state index in [1.807, 2.05) is 39.8 Å². The predicted molar refractivity (Wildman–Crippen MR) is 99.9 cm³/mol. The van der Waals surface area contributed by atoms with E-state index >= 15 is 0 Å². The summed E-state index contributed by atoms with van der Waals surface area (Å²) in [5, 5.41) is 12.1. The number of quaternary nitrogens is 1. The molecule has 1 heterocycles. The van der Waals surface area contributed by atoms with Crippen molar-refractivity contribution in [1.82, 2.24) is 0 Å². The summed E-state index contributed by atoms with van der Waals surface area (Å²) in [5.74, 6) is 0.0697. The topological polar surface area (TPSA) is 52.9 Å². The minimum Gasteiger partial charge on any atom is -0.321 e. The number of benzene rings is 1. The number of likely N-dealkylation sites (tertiary alicyclic amines) is 1. The van der Waals surface area contributed by atoms with Crippen LogP contribution in [0.4, 0.5) is 5.69 Å². The highest BCUT2D eigenvalue weighted by Gasteiger charge is 2.26. The highest BCUT2D eigenvalue weighted by molar-refractivity contribution is 5.93. The predicted octanol–water partition coefficient (Wildman–Crippen LogP) is 4.16. The van der Waals surface area contributed by atoms with E-state index in [2.05, 4.69) is 18.4 Å². The summed E-state index contributed by atoms with van der Waals surface area (Å²) in [6, 6.07) is 5.80. The van der Waals surface area contributed by atoms with Gasteiger partial charge in [0.25, 0.3) is 5.91 Å². The molecule has 1 N–H and O–H groups in total. The number of hydrogen-bond donors (Lipinski definition) is 1. The van der Waals surface area contributed by atoms with Crippen molar-refractivity contribution in [2.24, 2.45) is 0 Å². The van der Waals surface area contributed by atoms with E-state index in [4.69, 9.17) is 5.26 Å². The van der Waals surface area contributed by atoms with Crippen LogP contribution >= 0.6 is 0 Å². The van der Waals surface area contributed by atoms with Crippen LogP contribution in [0.15, 0.2) is 12.1 Å². The lowest BCUT2D eigenvalue weighted by Crippen LogP contribution is -2.49. The lowest BCUT2D eigenvalue weighted by Gasteiger charge is -2.32. The van der Waals surface area contributed by atoms with Gasteiger partial charge in [0.05, 0.1) is 31.8 Å². The molecule has 0 aromatic heterocycles. The van der Waals surface area contributed by atoms with Gasteiger partial charge in [-0.1, -0.05) is 13.8 Å². The van der Waals surface area contributed by atoms with Crippen molar-refractivity contribution >= 4 is 11.6 Å². The number of rotatable bonds is 3. The van der Waals surface area contributed by atoms with Gasteiger partial charge in [0, 0.05) is 5.69 Å². The normalized spacial score (nSPS) is 16.2. The van der Waals surface area contributed by atoms with Crippen LogP contribution < -0.4 is 5.32 Å². The van der Waals surface area contributed by atoms with Crippen LogP contribution in [0.25, 0.3) is 0 Å². The first kappa shape index (κ1) is 20.2. The van der Waals surface area contributed by atoms with Gasteiger partial charge in [-0.15, -0.1) is 0 Å². The van der Waals surface area contributed by atoms with Crippen LogP contribution in [0.2, 0.25) is 0 Å². The zero-order chi connectivity index (χ0) is 18.2. The zero-order valence-electron chi connectivity index (χ0n) is 15.9. The van der Waals surface area contributed by atoms with Crippen LogP contribution in [0.5, 0.6) is 0 Å². The van der Waals surface area contributed by atoms with Crippen molar-refractivity contribution in [1.29, 1.82) is 5.26 Å². The van der Waals surface area contributed by atoms with Crippen molar-refractivity contribution in [2.45, 2.75) is 53.4 Å². The van der Waals surface area contributed by atoms with Crippen LogP contribution in [0, 0.1) is 25.2 Å². The highest BCUT2D eigenvalue weighted by Crippen LogP contribution is 2.22. The first-order valence-electron chi connectivity index (χ1n) is 9.08. The molecule has 0 saturated carbocycles. The van der Waals surface area contributed by atoms with Gasteiger partial charge in [0.1, 0.15) is 0 Å². The highest BCUT2D eigenvalue weighted by atomic mass is 16.2. The summed E-state index contributed by atoms with van der Waals surface area (Å²) in [6.45, 7) is 10.6. The molecule has 4 heteroatoms. The second kappa shape index (κ2) is 9.44. The third kappa shape index (κ3) is 5.65. The smallest absolute Gasteiger partial charge is 0.279 e. The minimum absolute atomic E-state index is 0.0697. The molecule has 1 amide bonds. The van der Waals surface area contributed by atoms with E-state index in [1.165, 1.54) is 25.7 Å². The first-order chi connectivity index (χ1) is 11.4. The quantitative estimate of drug-likeness (QED) is 0.846. The van der Waals surface area contributed by atoms with E-state index in [0.717, 1.165) is 34.4 Å². The van der Waals surface area contributed by atoms with Gasteiger partial charge in [-0.2, -0.15) is 5.26 Å². The number of nitriles is 1. The van der Waals surface area contributed by atoms with Gasteiger partial charge in [-0.25, -0.2) is 0 Å². The SMILES string of the molecule is CC.Cc1cc(C#N)cc(C)c1NC(=O)C[N+]1(C)CCCCCC1. The number of carbonyl (C=O) groups excluding carboxylic acids is 1. The minimum atomic E-state index is 0.0697. The van der Waals surface area contributed by atoms with Crippen molar-refractivity contribution in [2.75, 3.05) is 32.0 Å². The Hall–Kier alpha value is -1.86. The molecule has 1 aromatic carbocycles. The summed E-state index contributed by atoms with van der Waals surface area (Å²) >= 11 is 0. The summed E-state index contributed by atoms with van der Waals surface area (Å²) in [4.78, 5) is 12.5. The molecule has 1 aromatic rings. The Bertz CT molecular complexity index is 570. The maximum atomic E-state index is 12.5. The average Bonchev–Trinajstić information content (AvgIpc) is 2.77. The molecule has 1 aliphatic rings. The molecule has 0 atom stereocenters. The van der Waals surface area contributed by atoms with Crippen LogP contribution in [0.3, 0.4) is 0 Å². The number of carbonyl (C=O) groups is 1. The molecule has 24 heavy (non-hydrogen) atoms. The Morgan fingerprint density at radius 3 is 2.08 bits per heavy atom. The Morgan fingerprint density at radius 1 is 1.12 bits per heavy atom. The standard InChI is InChI=1S/C18H25N3O.C2H6/c1-14-10-16(12-19)11-15(2)18(14)20-17(22)13-21(3)8-6-4-5-7-9-21;1-2/h10-11H,4-9,13H2,1-3H3;1-2H3/p+1. The first-order valence-corrected chi connectivity index (χ1v) is 9.08. The zero-order valence-corrected chi connectivity index (χ0v) is 15.9. The number of nitrogens with one attached hydrogen (secondary N) is 1. The molecule has 0 bridgehead atoms. The average molecular weight is 330 g/mol. The monoisotopic (exact) mass is 330 g/mol. The maximum Gasteiger partial charge on any atom is 0.279 e. The van der Waals surface area contributed by atoms with Crippen LogP contribution in [-0.4, -0.2) is 37.1 Å². The molecule has 1 saturated heterocycles. The summed E-state index contributed by atoms with van der Waals surface area (Å²) in [5.41, 5.74) is 3.39. The number of amides is 1. The number of nitrogens with zero attached hydrogens (tertiary/aromatic N) is 2. The van der Waals surface area contributed by atoms with E-state index < -0.39 is 0 Å². The van der Waals surface area contributed by atoms with Crippen molar-refractivity contribution < 1.29 is 9.28 Å². The molecule has 0 spiro atoms. The van der Waals surface area contributed by atoms with Gasteiger partial charge >= 0.3 is 0 Å². The molecule has 0 aliphatic carbocycles. The van der Waals surface area contributed by atoms with Gasteiger partial charge < -0.3 is 9.80 Å². The van der Waals surface area contributed by atoms with Gasteiger partial charge in [0.15, 0.2) is 6.54 Å². The lowest BCUT2D eigenvalue weighted by atomic mass is 10.0. The number of anilines is 1. The molecule has 0 unspecified atom stereocenters. The maximum absolute atomic E-state index is 12.5. The second-order valence-corrected chi connectivity index (χ2v) is 6.78. The fraction of sp³-hybridized carbons (Fsp3) is 0.600. The Kier molecular flexibility index (Phi) is 7.94. The van der Waals surface area contributed by atoms with Gasteiger partial charge in [-0.05, 0) is 62.8 Å². The molecule has 4 nitrogen and oxygen atoms in total. The van der Waals surface area contributed by atoms with Crippen LogP contribution in [0.1, 0.15) is 56.2 Å². The molecule has 132 valence electrons. The fourth-order valence-corrected chi connectivity index (χ4v) is 3.36. The second-order valence-electron chi connectivity index (χ2n) is 6.78. The van der Waals surface area contributed by atoms with Crippen LogP contribution in [-0.2, 0) is 4.79 Å². The molecular weight excluding hydrogens is 298 g/mol. The van der Waals surface area contributed by atoms with Crippen molar-refractivity contribution in [3.05, 3.63) is 28.8 Å². The van der Waals surface area contributed by atoms with Gasteiger partial charge in [0.2, 0.25) is 0 Å². The number of hydrogen-bond acceptors (Lipinski definition) is 2. The lowest BCUT2D eigenvalue weighted by molar-refractivity contribution is -0.901. The molecular formula is C20H32N3O+.